The van der Waals surface area contributed by atoms with Crippen LogP contribution in [0.3, 0.4) is 0 Å². The van der Waals surface area contributed by atoms with Crippen LogP contribution < -0.4 is 21.1 Å². The average molecular weight is 452 g/mol. The minimum absolute atomic E-state index is 0.00930. The molecule has 10 nitrogen and oxygen atoms in total. The van der Waals surface area contributed by atoms with E-state index in [0.717, 1.165) is 22.2 Å². The maximum atomic E-state index is 11.9. The first kappa shape index (κ1) is 21.3. The molecule has 0 spiro atoms. The summed E-state index contributed by atoms with van der Waals surface area (Å²) in [5.74, 6) is 0.867. The Labute approximate surface area is 184 Å². The number of hydrogen-bond donors (Lipinski definition) is 4. The van der Waals surface area contributed by atoms with Crippen LogP contribution in [0.15, 0.2) is 65.8 Å². The molecule has 32 heavy (non-hydrogen) atoms. The number of carbonyl (C=O) groups is 1. The van der Waals surface area contributed by atoms with Gasteiger partial charge in [-0.15, -0.1) is 0 Å². The summed E-state index contributed by atoms with van der Waals surface area (Å²) in [5.41, 5.74) is 2.88. The van der Waals surface area contributed by atoms with E-state index in [1.54, 1.807) is 31.6 Å². The summed E-state index contributed by atoms with van der Waals surface area (Å²) >= 11 is 0. The van der Waals surface area contributed by atoms with Gasteiger partial charge < -0.3 is 16.0 Å². The van der Waals surface area contributed by atoms with Crippen LogP contribution in [0, 0.1) is 6.92 Å². The van der Waals surface area contributed by atoms with E-state index >= 15 is 0 Å². The second kappa shape index (κ2) is 8.29. The Balaban J connectivity index is 1.59. The van der Waals surface area contributed by atoms with E-state index in [0.29, 0.717) is 11.5 Å². The summed E-state index contributed by atoms with van der Waals surface area (Å²) in [6.07, 6.45) is 3.36. The van der Waals surface area contributed by atoms with Gasteiger partial charge in [0.1, 0.15) is 5.82 Å². The van der Waals surface area contributed by atoms with Crippen molar-refractivity contribution in [2.24, 2.45) is 5.14 Å². The predicted molar refractivity (Wildman–Crippen MR) is 123 cm³/mol. The van der Waals surface area contributed by atoms with Gasteiger partial charge >= 0.3 is 6.03 Å². The first-order chi connectivity index (χ1) is 15.2. The number of benzene rings is 2. The van der Waals surface area contributed by atoms with Crippen LogP contribution in [0.1, 0.15) is 5.56 Å². The highest BCUT2D eigenvalue weighted by atomic mass is 32.2. The summed E-state index contributed by atoms with van der Waals surface area (Å²) in [6, 6.07) is 13.4. The molecular weight excluding hydrogens is 430 g/mol. The molecule has 0 aliphatic rings. The third-order valence-electron chi connectivity index (χ3n) is 4.78. The van der Waals surface area contributed by atoms with Gasteiger partial charge in [-0.25, -0.2) is 23.3 Å². The molecule has 0 atom stereocenters. The molecule has 0 fully saturated rings. The maximum absolute atomic E-state index is 11.9. The van der Waals surface area contributed by atoms with Crippen LogP contribution in [0.2, 0.25) is 0 Å². The molecule has 0 aliphatic carbocycles. The fourth-order valence-corrected chi connectivity index (χ4v) is 3.72. The van der Waals surface area contributed by atoms with Gasteiger partial charge in [0.2, 0.25) is 16.0 Å². The van der Waals surface area contributed by atoms with Crippen LogP contribution in [0.5, 0.6) is 0 Å². The van der Waals surface area contributed by atoms with Crippen LogP contribution in [0.25, 0.3) is 10.9 Å². The molecule has 5 N–H and O–H groups in total. The second-order valence-electron chi connectivity index (χ2n) is 7.06. The molecule has 4 rings (SSSR count). The van der Waals surface area contributed by atoms with E-state index in [2.05, 4.69) is 25.9 Å². The lowest BCUT2D eigenvalue weighted by atomic mass is 10.2. The zero-order valence-corrected chi connectivity index (χ0v) is 18.1. The van der Waals surface area contributed by atoms with Crippen molar-refractivity contribution in [1.29, 1.82) is 0 Å². The number of amides is 1. The zero-order valence-electron chi connectivity index (χ0n) is 17.3. The lowest BCUT2D eigenvalue weighted by Gasteiger charge is -2.12. The molecule has 4 aromatic rings. The molecular formula is C21H21N7O3S. The number of aromatic nitrogens is 3. The van der Waals surface area contributed by atoms with E-state index in [9.17, 15) is 13.2 Å². The van der Waals surface area contributed by atoms with Crippen LogP contribution in [0.4, 0.5) is 27.9 Å². The molecule has 0 radical (unpaired) electrons. The Morgan fingerprint density at radius 3 is 2.59 bits per heavy atom. The zero-order chi connectivity index (χ0) is 22.9. The number of nitrogens with zero attached hydrogens (tertiary/aromatic N) is 3. The van der Waals surface area contributed by atoms with E-state index < -0.39 is 10.0 Å². The van der Waals surface area contributed by atoms with Gasteiger partial charge in [0.25, 0.3) is 0 Å². The van der Waals surface area contributed by atoms with Crippen molar-refractivity contribution in [3.63, 3.8) is 0 Å². The Morgan fingerprint density at radius 2 is 1.84 bits per heavy atom. The van der Waals surface area contributed by atoms with E-state index in [-0.39, 0.29) is 16.9 Å². The molecule has 0 unspecified atom stereocenters. The number of anilines is 4. The monoisotopic (exact) mass is 451 g/mol. The number of aryl methyl sites for hydroxylation is 1. The second-order valence-corrected chi connectivity index (χ2v) is 8.62. The highest BCUT2D eigenvalue weighted by Crippen LogP contribution is 2.25. The quantitative estimate of drug-likeness (QED) is 0.365. The van der Waals surface area contributed by atoms with E-state index in [1.165, 1.54) is 16.7 Å². The Bertz CT molecular complexity index is 1430. The van der Waals surface area contributed by atoms with Crippen molar-refractivity contribution < 1.29 is 13.2 Å². The normalized spacial score (nSPS) is 11.3. The third-order valence-corrected chi connectivity index (χ3v) is 5.69. The van der Waals surface area contributed by atoms with Crippen molar-refractivity contribution in [2.75, 3.05) is 17.7 Å². The molecule has 0 saturated heterocycles. The van der Waals surface area contributed by atoms with Gasteiger partial charge in [0.15, 0.2) is 0 Å². The SMILES string of the molecule is CNC(=O)n1ccc2cc(Nc3nc(Nc4cccc(S(N)(=O)=O)c4)ncc3C)ccc21. The highest BCUT2D eigenvalue weighted by molar-refractivity contribution is 7.89. The molecule has 1 amide bonds. The summed E-state index contributed by atoms with van der Waals surface area (Å²) in [7, 11) is -2.23. The molecule has 164 valence electrons. The van der Waals surface area contributed by atoms with Gasteiger partial charge in [-0.2, -0.15) is 4.98 Å². The lowest BCUT2D eigenvalue weighted by Crippen LogP contribution is -2.23. The summed E-state index contributed by atoms with van der Waals surface area (Å²) in [4.78, 5) is 20.7. The summed E-state index contributed by atoms with van der Waals surface area (Å²) in [6.45, 7) is 1.87. The highest BCUT2D eigenvalue weighted by Gasteiger charge is 2.11. The molecule has 0 aliphatic heterocycles. The smallest absolute Gasteiger partial charge is 0.325 e. The third kappa shape index (κ3) is 4.38. The van der Waals surface area contributed by atoms with Crippen LogP contribution >= 0.6 is 0 Å². The molecule has 2 aromatic carbocycles. The Kier molecular flexibility index (Phi) is 5.51. The first-order valence-corrected chi connectivity index (χ1v) is 11.1. The molecule has 2 aromatic heterocycles. The number of fused-ring (bicyclic) bond motifs is 1. The minimum atomic E-state index is -3.82. The number of primary sulfonamides is 1. The Hall–Kier alpha value is -3.96. The fraction of sp³-hybridized carbons (Fsp3) is 0.0952. The van der Waals surface area contributed by atoms with Gasteiger partial charge in [-0.1, -0.05) is 6.07 Å². The van der Waals surface area contributed by atoms with Crippen molar-refractivity contribution >= 4 is 50.1 Å². The first-order valence-electron chi connectivity index (χ1n) is 9.58. The van der Waals surface area contributed by atoms with Gasteiger partial charge in [0.05, 0.1) is 10.4 Å². The average Bonchev–Trinajstić information content (AvgIpc) is 3.18. The lowest BCUT2D eigenvalue weighted by molar-refractivity contribution is 0.245. The predicted octanol–water partition coefficient (Wildman–Crippen LogP) is 3.06. The van der Waals surface area contributed by atoms with Gasteiger partial charge in [0, 0.05) is 41.8 Å². The Morgan fingerprint density at radius 1 is 1.06 bits per heavy atom. The number of hydrogen-bond acceptors (Lipinski definition) is 7. The van der Waals surface area contributed by atoms with Crippen molar-refractivity contribution in [3.8, 4) is 0 Å². The standard InChI is InChI=1S/C21H21N7O3S/c1-13-12-24-20(26-15-4-3-5-17(11-15)32(22,30)31)27-19(13)25-16-6-7-18-14(10-16)8-9-28(18)21(29)23-2/h3-12H,1-2H3,(H,23,29)(H2,22,30,31)(H2,24,25,26,27). The minimum Gasteiger partial charge on any atom is -0.340 e. The van der Waals surface area contributed by atoms with Crippen molar-refractivity contribution in [1.82, 2.24) is 19.9 Å². The number of nitrogens with one attached hydrogen (secondary N) is 3. The van der Waals surface area contributed by atoms with Crippen molar-refractivity contribution in [2.45, 2.75) is 11.8 Å². The number of nitrogens with two attached hydrogens (primary N) is 1. The van der Waals surface area contributed by atoms with Crippen LogP contribution in [-0.2, 0) is 10.0 Å². The van der Waals surface area contributed by atoms with Crippen molar-refractivity contribution in [3.05, 3.63) is 66.5 Å². The largest absolute Gasteiger partial charge is 0.340 e. The fourth-order valence-electron chi connectivity index (χ4n) is 3.16. The molecule has 11 heteroatoms. The molecule has 2 heterocycles. The van der Waals surface area contributed by atoms with Gasteiger partial charge in [-0.3, -0.25) is 4.57 Å². The number of sulfonamides is 1. The van der Waals surface area contributed by atoms with E-state index in [4.69, 9.17) is 5.14 Å². The summed E-state index contributed by atoms with van der Waals surface area (Å²) < 4.78 is 24.7. The topological polar surface area (TPSA) is 144 Å². The number of carbonyl (C=O) groups excluding carboxylic acids is 1. The number of rotatable bonds is 5. The van der Waals surface area contributed by atoms with Gasteiger partial charge in [-0.05, 0) is 49.4 Å². The van der Waals surface area contributed by atoms with Crippen LogP contribution in [-0.4, -0.2) is 36.0 Å². The maximum Gasteiger partial charge on any atom is 0.325 e. The summed E-state index contributed by atoms with van der Waals surface area (Å²) in [5, 5.41) is 14.9. The molecule has 0 bridgehead atoms. The van der Waals surface area contributed by atoms with E-state index in [1.807, 2.05) is 31.2 Å². The molecule has 0 saturated carbocycles.